The molecular formula is C23H26N2O5S. The Kier molecular flexibility index (Phi) is 7.33. The summed E-state index contributed by atoms with van der Waals surface area (Å²) in [6.45, 7) is 5.83. The van der Waals surface area contributed by atoms with Crippen LogP contribution < -0.4 is 10.1 Å². The van der Waals surface area contributed by atoms with E-state index in [1.807, 2.05) is 43.3 Å². The van der Waals surface area contributed by atoms with Crippen LogP contribution in [0.25, 0.3) is 0 Å². The van der Waals surface area contributed by atoms with Crippen molar-refractivity contribution in [2.24, 2.45) is 0 Å². The lowest BCUT2D eigenvalue weighted by molar-refractivity contribution is -0.148. The van der Waals surface area contributed by atoms with Crippen molar-refractivity contribution >= 4 is 28.9 Å². The van der Waals surface area contributed by atoms with Gasteiger partial charge in [0.1, 0.15) is 16.6 Å². The fourth-order valence-corrected chi connectivity index (χ4v) is 4.09. The summed E-state index contributed by atoms with van der Waals surface area (Å²) in [7, 11) is 0. The molecule has 0 bridgehead atoms. The van der Waals surface area contributed by atoms with Crippen LogP contribution >= 0.6 is 11.8 Å². The molecule has 1 N–H and O–H groups in total. The highest BCUT2D eigenvalue weighted by Gasteiger charge is 2.43. The molecule has 2 heterocycles. The van der Waals surface area contributed by atoms with E-state index in [1.165, 1.54) is 0 Å². The van der Waals surface area contributed by atoms with E-state index in [0.29, 0.717) is 25.9 Å². The molecule has 8 heteroatoms. The van der Waals surface area contributed by atoms with Crippen LogP contribution in [0.3, 0.4) is 0 Å². The van der Waals surface area contributed by atoms with E-state index in [9.17, 15) is 14.4 Å². The maximum atomic E-state index is 12.0. The van der Waals surface area contributed by atoms with Crippen LogP contribution in [0.1, 0.15) is 50.1 Å². The molecule has 1 aromatic heterocycles. The zero-order valence-corrected chi connectivity index (χ0v) is 18.7. The van der Waals surface area contributed by atoms with Gasteiger partial charge >= 0.3 is 5.97 Å². The van der Waals surface area contributed by atoms with E-state index in [1.54, 1.807) is 20.0 Å². The summed E-state index contributed by atoms with van der Waals surface area (Å²) in [6, 6.07) is 11.3. The van der Waals surface area contributed by atoms with Crippen LogP contribution in [0.5, 0.6) is 5.75 Å². The van der Waals surface area contributed by atoms with Gasteiger partial charge in [-0.2, -0.15) is 0 Å². The van der Waals surface area contributed by atoms with Crippen LogP contribution in [-0.2, 0) is 27.2 Å². The number of carbonyl (C=O) groups is 3. The minimum absolute atomic E-state index is 0.233. The third-order valence-corrected chi connectivity index (χ3v) is 6.09. The standard InChI is InChI=1S/C23H26N2O5S/c1-4-20(26)30-15(2)17-7-8-18(24-14-17)11-12-29-19-9-5-16(6-10-19)13-23(3)21(27)25-22(28)31-23/h5-10,14-15H,4,11-13H2,1-3H3,(H,25,27,28)/t15-,23?/m0/s1. The fraction of sp³-hybridized carbons (Fsp3) is 0.391. The van der Waals surface area contributed by atoms with E-state index in [0.717, 1.165) is 34.3 Å². The second kappa shape index (κ2) is 9.96. The molecule has 7 nitrogen and oxygen atoms in total. The summed E-state index contributed by atoms with van der Waals surface area (Å²) < 4.78 is 10.3. The molecule has 3 rings (SSSR count). The molecule has 164 valence electrons. The van der Waals surface area contributed by atoms with Crippen molar-refractivity contribution in [3.05, 3.63) is 59.4 Å². The molecule has 1 aromatic carbocycles. The molecule has 1 unspecified atom stereocenters. The van der Waals surface area contributed by atoms with Crippen molar-refractivity contribution in [1.82, 2.24) is 10.3 Å². The summed E-state index contributed by atoms with van der Waals surface area (Å²) >= 11 is 1.03. The highest BCUT2D eigenvalue weighted by Crippen LogP contribution is 2.34. The number of nitrogens with one attached hydrogen (secondary N) is 1. The number of ether oxygens (including phenoxy) is 2. The Labute approximate surface area is 185 Å². The molecule has 0 radical (unpaired) electrons. The summed E-state index contributed by atoms with van der Waals surface area (Å²) in [6.07, 6.45) is 2.86. The van der Waals surface area contributed by atoms with Gasteiger partial charge < -0.3 is 9.47 Å². The van der Waals surface area contributed by atoms with Gasteiger partial charge in [0, 0.05) is 30.3 Å². The predicted octanol–water partition coefficient (Wildman–Crippen LogP) is 4.00. The van der Waals surface area contributed by atoms with E-state index >= 15 is 0 Å². The lowest BCUT2D eigenvalue weighted by Crippen LogP contribution is -2.35. The average molecular weight is 443 g/mol. The van der Waals surface area contributed by atoms with Gasteiger partial charge in [0.2, 0.25) is 5.91 Å². The Morgan fingerprint density at radius 3 is 2.52 bits per heavy atom. The molecule has 1 aliphatic heterocycles. The number of hydrogen-bond acceptors (Lipinski definition) is 7. The van der Waals surface area contributed by atoms with Gasteiger partial charge in [0.15, 0.2) is 0 Å². The molecular weight excluding hydrogens is 416 g/mol. The molecule has 0 spiro atoms. The van der Waals surface area contributed by atoms with Crippen LogP contribution in [0.15, 0.2) is 42.6 Å². The Balaban J connectivity index is 1.47. The van der Waals surface area contributed by atoms with Gasteiger partial charge in [-0.3, -0.25) is 24.7 Å². The second-order valence-corrected chi connectivity index (χ2v) is 9.04. The number of thioether (sulfide) groups is 1. The summed E-state index contributed by atoms with van der Waals surface area (Å²) in [5.41, 5.74) is 2.70. The van der Waals surface area contributed by atoms with Gasteiger partial charge in [-0.15, -0.1) is 0 Å². The van der Waals surface area contributed by atoms with Crippen molar-refractivity contribution in [3.8, 4) is 5.75 Å². The molecule has 1 aliphatic rings. The first kappa shape index (κ1) is 22.8. The SMILES string of the molecule is CCC(=O)O[C@@H](C)c1ccc(CCOc2ccc(CC3(C)SC(=O)NC3=O)cc2)nc1. The number of imide groups is 1. The van der Waals surface area contributed by atoms with Crippen molar-refractivity contribution in [3.63, 3.8) is 0 Å². The molecule has 0 aliphatic carbocycles. The quantitative estimate of drug-likeness (QED) is 0.587. The first-order valence-electron chi connectivity index (χ1n) is 10.2. The minimum atomic E-state index is -0.774. The highest BCUT2D eigenvalue weighted by atomic mass is 32.2. The van der Waals surface area contributed by atoms with Crippen LogP contribution in [0.2, 0.25) is 0 Å². The van der Waals surface area contributed by atoms with Crippen LogP contribution in [0.4, 0.5) is 4.79 Å². The Morgan fingerprint density at radius 1 is 1.19 bits per heavy atom. The van der Waals surface area contributed by atoms with Gasteiger partial charge in [-0.1, -0.05) is 25.1 Å². The van der Waals surface area contributed by atoms with Crippen molar-refractivity contribution in [2.75, 3.05) is 6.61 Å². The summed E-state index contributed by atoms with van der Waals surface area (Å²) in [5, 5.41) is 2.03. The monoisotopic (exact) mass is 442 g/mol. The first-order chi connectivity index (χ1) is 14.8. The number of rotatable bonds is 9. The molecule has 2 aromatic rings. The number of esters is 1. The van der Waals surface area contributed by atoms with E-state index in [4.69, 9.17) is 9.47 Å². The van der Waals surface area contributed by atoms with Gasteiger partial charge in [-0.25, -0.2) is 0 Å². The number of pyridine rings is 1. The molecule has 0 saturated carbocycles. The summed E-state index contributed by atoms with van der Waals surface area (Å²) in [5.74, 6) is 0.244. The third-order valence-electron chi connectivity index (χ3n) is 5.02. The minimum Gasteiger partial charge on any atom is -0.493 e. The van der Waals surface area contributed by atoms with Crippen LogP contribution in [-0.4, -0.2) is 33.5 Å². The number of nitrogens with zero attached hydrogens (tertiary/aromatic N) is 1. The molecule has 1 saturated heterocycles. The lowest BCUT2D eigenvalue weighted by atomic mass is 9.99. The molecule has 31 heavy (non-hydrogen) atoms. The topological polar surface area (TPSA) is 94.6 Å². The van der Waals surface area contributed by atoms with Crippen molar-refractivity contribution in [2.45, 2.75) is 50.9 Å². The Morgan fingerprint density at radius 2 is 1.94 bits per heavy atom. The summed E-state index contributed by atoms with van der Waals surface area (Å²) in [4.78, 5) is 39.2. The Hall–Kier alpha value is -2.87. The van der Waals surface area contributed by atoms with Crippen molar-refractivity contribution in [1.29, 1.82) is 0 Å². The first-order valence-corrected chi connectivity index (χ1v) is 11.0. The van der Waals surface area contributed by atoms with Crippen LogP contribution in [0, 0.1) is 0 Å². The number of benzene rings is 1. The number of hydrogen-bond donors (Lipinski definition) is 1. The molecule has 2 atom stereocenters. The van der Waals surface area contributed by atoms with Gasteiger partial charge in [-0.05, 0) is 55.8 Å². The smallest absolute Gasteiger partial charge is 0.306 e. The highest BCUT2D eigenvalue weighted by molar-refractivity contribution is 8.16. The van der Waals surface area contributed by atoms with E-state index in [2.05, 4.69) is 10.3 Å². The largest absolute Gasteiger partial charge is 0.493 e. The number of carbonyl (C=O) groups excluding carboxylic acids is 3. The molecule has 2 amide bonds. The maximum Gasteiger partial charge on any atom is 0.306 e. The lowest BCUT2D eigenvalue weighted by Gasteiger charge is -2.18. The number of aromatic nitrogens is 1. The van der Waals surface area contributed by atoms with Crippen molar-refractivity contribution < 1.29 is 23.9 Å². The van der Waals surface area contributed by atoms with Gasteiger partial charge in [0.25, 0.3) is 5.24 Å². The average Bonchev–Trinajstić information content (AvgIpc) is 3.00. The maximum absolute atomic E-state index is 12.0. The zero-order valence-electron chi connectivity index (χ0n) is 17.8. The second-order valence-electron chi connectivity index (χ2n) is 7.56. The Bertz CT molecular complexity index is 945. The third kappa shape index (κ3) is 6.07. The predicted molar refractivity (Wildman–Crippen MR) is 118 cm³/mol. The molecule has 1 fully saturated rings. The van der Waals surface area contributed by atoms with Gasteiger partial charge in [0.05, 0.1) is 6.61 Å². The van der Waals surface area contributed by atoms with E-state index in [-0.39, 0.29) is 23.2 Å². The number of amides is 2. The normalized spacial score (nSPS) is 19.1. The van der Waals surface area contributed by atoms with E-state index < -0.39 is 4.75 Å². The fourth-order valence-electron chi connectivity index (χ4n) is 3.16. The zero-order chi connectivity index (χ0) is 22.4.